The van der Waals surface area contributed by atoms with Gasteiger partial charge in [0.2, 0.25) is 0 Å². The molecule has 0 radical (unpaired) electrons. The Morgan fingerprint density at radius 1 is 0.941 bits per heavy atom. The number of carbonyl (C=O) groups is 1. The fourth-order valence-electron chi connectivity index (χ4n) is 4.35. The number of pyridine rings is 1. The fraction of sp³-hybridized carbons (Fsp3) is 0.333. The lowest BCUT2D eigenvalue weighted by atomic mass is 9.94. The number of nitrogens with zero attached hydrogens (tertiary/aromatic N) is 1. The standard InChI is InChI=1S/C27H28N2O5/c1-2-31-24-16-20(6-8-22(24)32-18-19-10-14-28-15-11-19)26(30)29-21-7-9-23-25(17-21)34-27(33-23)12-4-3-5-13-27/h6-11,14-17H,2-5,12-13,18H2,1H3,(H,29,30). The van der Waals surface area contributed by atoms with Gasteiger partial charge in [0.15, 0.2) is 23.0 Å². The van der Waals surface area contributed by atoms with Gasteiger partial charge in [0, 0.05) is 42.6 Å². The SMILES string of the molecule is CCOc1cc(C(=O)Nc2ccc3c(c2)OC2(CCCCC2)O3)ccc1OCc1ccncc1. The highest BCUT2D eigenvalue weighted by atomic mass is 16.7. The van der Waals surface area contributed by atoms with Gasteiger partial charge >= 0.3 is 0 Å². The maximum atomic E-state index is 13.0. The van der Waals surface area contributed by atoms with Crippen molar-refractivity contribution in [2.45, 2.75) is 51.4 Å². The number of hydrogen-bond donors (Lipinski definition) is 1. The van der Waals surface area contributed by atoms with E-state index in [1.165, 1.54) is 6.42 Å². The molecule has 7 heteroatoms. The highest BCUT2D eigenvalue weighted by Gasteiger charge is 2.42. The monoisotopic (exact) mass is 460 g/mol. The summed E-state index contributed by atoms with van der Waals surface area (Å²) in [4.78, 5) is 17.0. The third-order valence-corrected chi connectivity index (χ3v) is 6.06. The van der Waals surface area contributed by atoms with E-state index in [0.717, 1.165) is 37.0 Å². The number of rotatable bonds is 7. The molecule has 1 spiro atoms. The number of nitrogens with one attached hydrogen (secondary N) is 1. The van der Waals surface area contributed by atoms with Crippen LogP contribution in [0.5, 0.6) is 23.0 Å². The first-order valence-electron chi connectivity index (χ1n) is 11.8. The number of fused-ring (bicyclic) bond motifs is 1. The fourth-order valence-corrected chi connectivity index (χ4v) is 4.35. The zero-order valence-electron chi connectivity index (χ0n) is 19.2. The summed E-state index contributed by atoms with van der Waals surface area (Å²) in [6.45, 7) is 2.73. The van der Waals surface area contributed by atoms with Gasteiger partial charge in [-0.15, -0.1) is 0 Å². The molecule has 3 aromatic rings. The molecule has 2 aliphatic rings. The molecule has 0 bridgehead atoms. The summed E-state index contributed by atoms with van der Waals surface area (Å²) < 4.78 is 24.0. The lowest BCUT2D eigenvalue weighted by molar-refractivity contribution is -0.105. The van der Waals surface area contributed by atoms with Crippen LogP contribution in [-0.2, 0) is 6.61 Å². The van der Waals surface area contributed by atoms with Crippen molar-refractivity contribution in [3.8, 4) is 23.0 Å². The van der Waals surface area contributed by atoms with Crippen LogP contribution in [0.4, 0.5) is 5.69 Å². The molecule has 0 unspecified atom stereocenters. The number of anilines is 1. The molecule has 2 aromatic carbocycles. The van der Waals surface area contributed by atoms with Crippen molar-refractivity contribution < 1.29 is 23.7 Å². The van der Waals surface area contributed by atoms with Crippen LogP contribution < -0.4 is 24.3 Å². The first kappa shape index (κ1) is 22.1. The van der Waals surface area contributed by atoms with Crippen molar-refractivity contribution >= 4 is 11.6 Å². The molecule has 34 heavy (non-hydrogen) atoms. The van der Waals surface area contributed by atoms with E-state index in [-0.39, 0.29) is 5.91 Å². The Kier molecular flexibility index (Phi) is 6.25. The first-order chi connectivity index (χ1) is 16.6. The van der Waals surface area contributed by atoms with Crippen molar-refractivity contribution in [1.29, 1.82) is 0 Å². The van der Waals surface area contributed by atoms with Crippen molar-refractivity contribution in [2.24, 2.45) is 0 Å². The summed E-state index contributed by atoms with van der Waals surface area (Å²) in [5, 5.41) is 2.95. The number of carbonyl (C=O) groups excluding carboxylic acids is 1. The van der Waals surface area contributed by atoms with Gasteiger partial charge in [0.05, 0.1) is 6.61 Å². The van der Waals surface area contributed by atoms with Crippen LogP contribution in [0.15, 0.2) is 60.9 Å². The number of hydrogen-bond acceptors (Lipinski definition) is 6. The lowest BCUT2D eigenvalue weighted by Crippen LogP contribution is -2.40. The third-order valence-electron chi connectivity index (χ3n) is 6.06. The number of ether oxygens (including phenoxy) is 4. The Morgan fingerprint density at radius 2 is 1.74 bits per heavy atom. The van der Waals surface area contributed by atoms with Crippen LogP contribution in [-0.4, -0.2) is 23.3 Å². The van der Waals surface area contributed by atoms with Gasteiger partial charge in [-0.05, 0) is 67.8 Å². The minimum Gasteiger partial charge on any atom is -0.490 e. The number of benzene rings is 2. The summed E-state index contributed by atoms with van der Waals surface area (Å²) in [5.74, 6) is 1.73. The Bertz CT molecular complexity index is 1160. The Hall–Kier alpha value is -3.74. The quantitative estimate of drug-likeness (QED) is 0.484. The van der Waals surface area contributed by atoms with Crippen LogP contribution in [0, 0.1) is 0 Å². The van der Waals surface area contributed by atoms with Crippen LogP contribution in [0.3, 0.4) is 0 Å². The van der Waals surface area contributed by atoms with Gasteiger partial charge in [0.25, 0.3) is 11.7 Å². The molecule has 1 amide bonds. The molecular weight excluding hydrogens is 432 g/mol. The highest BCUT2D eigenvalue weighted by Crippen LogP contribution is 2.46. The van der Waals surface area contributed by atoms with Gasteiger partial charge in [0.1, 0.15) is 6.61 Å². The number of amides is 1. The number of aromatic nitrogens is 1. The van der Waals surface area contributed by atoms with Crippen molar-refractivity contribution in [1.82, 2.24) is 4.98 Å². The first-order valence-corrected chi connectivity index (χ1v) is 11.8. The minimum atomic E-state index is -0.540. The normalized spacial score (nSPS) is 15.7. The molecule has 1 fully saturated rings. The average molecular weight is 461 g/mol. The van der Waals surface area contributed by atoms with Crippen LogP contribution >= 0.6 is 0 Å². The van der Waals surface area contributed by atoms with Crippen molar-refractivity contribution in [3.63, 3.8) is 0 Å². The van der Waals surface area contributed by atoms with E-state index in [9.17, 15) is 4.79 Å². The Morgan fingerprint density at radius 3 is 2.53 bits per heavy atom. The molecule has 5 rings (SSSR count). The maximum Gasteiger partial charge on any atom is 0.255 e. The molecule has 7 nitrogen and oxygen atoms in total. The summed E-state index contributed by atoms with van der Waals surface area (Å²) in [5.41, 5.74) is 2.12. The molecule has 1 N–H and O–H groups in total. The molecule has 1 saturated carbocycles. The van der Waals surface area contributed by atoms with E-state index >= 15 is 0 Å². The minimum absolute atomic E-state index is 0.243. The summed E-state index contributed by atoms with van der Waals surface area (Å²) in [6, 6.07) is 14.5. The van der Waals surface area contributed by atoms with Gasteiger partial charge in [-0.3, -0.25) is 9.78 Å². The molecular formula is C27H28N2O5. The van der Waals surface area contributed by atoms with Crippen LogP contribution in [0.2, 0.25) is 0 Å². The Labute approximate surface area is 199 Å². The second-order valence-corrected chi connectivity index (χ2v) is 8.53. The summed E-state index contributed by atoms with van der Waals surface area (Å²) >= 11 is 0. The maximum absolute atomic E-state index is 13.0. The topological polar surface area (TPSA) is 78.9 Å². The summed E-state index contributed by atoms with van der Waals surface area (Å²) in [6.07, 6.45) is 8.63. The molecule has 1 aromatic heterocycles. The van der Waals surface area contributed by atoms with E-state index in [2.05, 4.69) is 10.3 Å². The lowest BCUT2D eigenvalue weighted by Gasteiger charge is -2.31. The van der Waals surface area contributed by atoms with Crippen LogP contribution in [0.1, 0.15) is 54.9 Å². The van der Waals surface area contributed by atoms with Gasteiger partial charge < -0.3 is 24.3 Å². The van der Waals surface area contributed by atoms with Gasteiger partial charge in [-0.1, -0.05) is 6.42 Å². The van der Waals surface area contributed by atoms with E-state index in [0.29, 0.717) is 41.7 Å². The van der Waals surface area contributed by atoms with E-state index < -0.39 is 5.79 Å². The molecule has 2 heterocycles. The van der Waals surface area contributed by atoms with Crippen molar-refractivity contribution in [2.75, 3.05) is 11.9 Å². The van der Waals surface area contributed by atoms with E-state index in [4.69, 9.17) is 18.9 Å². The Balaban J connectivity index is 1.27. The zero-order valence-corrected chi connectivity index (χ0v) is 19.2. The molecule has 1 aliphatic heterocycles. The average Bonchev–Trinajstić information content (AvgIpc) is 3.20. The molecule has 0 saturated heterocycles. The predicted octanol–water partition coefficient (Wildman–Crippen LogP) is 5.74. The van der Waals surface area contributed by atoms with Gasteiger partial charge in [-0.25, -0.2) is 0 Å². The largest absolute Gasteiger partial charge is 0.490 e. The second kappa shape index (κ2) is 9.63. The second-order valence-electron chi connectivity index (χ2n) is 8.53. The van der Waals surface area contributed by atoms with Crippen LogP contribution in [0.25, 0.3) is 0 Å². The van der Waals surface area contributed by atoms with E-state index in [1.54, 1.807) is 30.6 Å². The predicted molar refractivity (Wildman–Crippen MR) is 128 cm³/mol. The van der Waals surface area contributed by atoms with E-state index in [1.807, 2.05) is 37.3 Å². The summed E-state index contributed by atoms with van der Waals surface area (Å²) in [7, 11) is 0. The smallest absolute Gasteiger partial charge is 0.255 e. The molecule has 0 atom stereocenters. The van der Waals surface area contributed by atoms with Crippen molar-refractivity contribution in [3.05, 3.63) is 72.1 Å². The van der Waals surface area contributed by atoms with Gasteiger partial charge in [-0.2, -0.15) is 0 Å². The molecule has 1 aliphatic carbocycles. The third kappa shape index (κ3) is 4.78. The molecule has 176 valence electrons. The highest BCUT2D eigenvalue weighted by molar-refractivity contribution is 6.04. The zero-order chi connectivity index (χ0) is 23.4.